The van der Waals surface area contributed by atoms with Gasteiger partial charge in [-0.1, -0.05) is 41.9 Å². The highest BCUT2D eigenvalue weighted by molar-refractivity contribution is 6.30. The Kier molecular flexibility index (Phi) is 7.63. The zero-order valence-electron chi connectivity index (χ0n) is 18.8. The van der Waals surface area contributed by atoms with E-state index in [1.807, 2.05) is 36.4 Å². The molecule has 170 valence electrons. The summed E-state index contributed by atoms with van der Waals surface area (Å²) in [6.07, 6.45) is 2.59. The van der Waals surface area contributed by atoms with E-state index < -0.39 is 0 Å². The molecule has 0 saturated heterocycles. The molecule has 1 N–H and O–H groups in total. The molecule has 0 saturated carbocycles. The summed E-state index contributed by atoms with van der Waals surface area (Å²) in [7, 11) is 0. The zero-order valence-corrected chi connectivity index (χ0v) is 19.5. The number of nitrogens with one attached hydrogen (secondary N) is 1. The second-order valence-electron chi connectivity index (χ2n) is 8.00. The second kappa shape index (κ2) is 11.0. The number of imidazole rings is 1. The van der Waals surface area contributed by atoms with Crippen LogP contribution in [0, 0.1) is 6.92 Å². The maximum atomic E-state index is 12.4. The minimum atomic E-state index is -0.109. The molecular weight excluding hydrogens is 434 g/mol. The van der Waals surface area contributed by atoms with Crippen molar-refractivity contribution >= 4 is 28.5 Å². The van der Waals surface area contributed by atoms with E-state index in [-0.39, 0.29) is 5.91 Å². The molecule has 3 aromatic carbocycles. The van der Waals surface area contributed by atoms with Crippen LogP contribution in [-0.4, -0.2) is 28.6 Å². The first-order chi connectivity index (χ1) is 16.1. The minimum absolute atomic E-state index is 0.109. The van der Waals surface area contributed by atoms with Crippen LogP contribution in [0.1, 0.15) is 34.6 Å². The highest BCUT2D eigenvalue weighted by Gasteiger charge is 2.11. The molecule has 0 unspecified atom stereocenters. The summed E-state index contributed by atoms with van der Waals surface area (Å²) in [4.78, 5) is 17.2. The van der Waals surface area contributed by atoms with E-state index in [1.165, 1.54) is 0 Å². The highest BCUT2D eigenvalue weighted by atomic mass is 35.5. The molecule has 0 aliphatic rings. The Morgan fingerprint density at radius 2 is 1.76 bits per heavy atom. The molecule has 0 spiro atoms. The van der Waals surface area contributed by atoms with Gasteiger partial charge in [0, 0.05) is 30.1 Å². The third-order valence-electron chi connectivity index (χ3n) is 5.60. The number of nitrogens with zero attached hydrogens (tertiary/aromatic N) is 2. The van der Waals surface area contributed by atoms with E-state index in [0.717, 1.165) is 47.6 Å². The first kappa shape index (κ1) is 22.9. The van der Waals surface area contributed by atoms with Crippen molar-refractivity contribution in [3.63, 3.8) is 0 Å². The van der Waals surface area contributed by atoms with E-state index in [4.69, 9.17) is 21.3 Å². The first-order valence-corrected chi connectivity index (χ1v) is 11.7. The summed E-state index contributed by atoms with van der Waals surface area (Å²) in [5.74, 6) is 1.82. The van der Waals surface area contributed by atoms with Gasteiger partial charge in [-0.2, -0.15) is 0 Å². The molecule has 33 heavy (non-hydrogen) atoms. The topological polar surface area (TPSA) is 56.1 Å². The van der Waals surface area contributed by atoms with Crippen LogP contribution in [0.3, 0.4) is 0 Å². The monoisotopic (exact) mass is 461 g/mol. The first-order valence-electron chi connectivity index (χ1n) is 11.3. The van der Waals surface area contributed by atoms with E-state index in [0.29, 0.717) is 30.2 Å². The Morgan fingerprint density at radius 1 is 1.00 bits per heavy atom. The molecular formula is C27H28ClN3O2. The third-order valence-corrected chi connectivity index (χ3v) is 5.85. The van der Waals surface area contributed by atoms with Gasteiger partial charge in [0.2, 0.25) is 0 Å². The normalized spacial score (nSPS) is 11.0. The van der Waals surface area contributed by atoms with Gasteiger partial charge in [0.25, 0.3) is 5.91 Å². The number of rotatable bonds is 10. The lowest BCUT2D eigenvalue weighted by Gasteiger charge is -2.11. The third kappa shape index (κ3) is 5.93. The van der Waals surface area contributed by atoms with Crippen LogP contribution < -0.4 is 10.1 Å². The fourth-order valence-corrected chi connectivity index (χ4v) is 3.96. The van der Waals surface area contributed by atoms with Gasteiger partial charge in [-0.25, -0.2) is 4.98 Å². The predicted molar refractivity (Wildman–Crippen MR) is 133 cm³/mol. The Labute approximate surface area is 199 Å². The van der Waals surface area contributed by atoms with Crippen molar-refractivity contribution < 1.29 is 9.53 Å². The van der Waals surface area contributed by atoms with Crippen molar-refractivity contribution in [2.75, 3.05) is 13.2 Å². The highest BCUT2D eigenvalue weighted by Crippen LogP contribution is 2.19. The van der Waals surface area contributed by atoms with Gasteiger partial charge in [-0.15, -0.1) is 0 Å². The summed E-state index contributed by atoms with van der Waals surface area (Å²) in [6, 6.07) is 23.2. The fraction of sp³-hybridized carbons (Fsp3) is 0.259. The Morgan fingerprint density at radius 3 is 2.58 bits per heavy atom. The van der Waals surface area contributed by atoms with Gasteiger partial charge in [0.05, 0.1) is 17.6 Å². The number of aryl methyl sites for hydroxylation is 2. The minimum Gasteiger partial charge on any atom is -0.493 e. The van der Waals surface area contributed by atoms with Gasteiger partial charge in [0.1, 0.15) is 11.6 Å². The van der Waals surface area contributed by atoms with Crippen molar-refractivity contribution in [3.05, 3.63) is 94.8 Å². The maximum absolute atomic E-state index is 12.4. The molecule has 6 heteroatoms. The molecule has 1 heterocycles. The van der Waals surface area contributed by atoms with Gasteiger partial charge < -0.3 is 14.6 Å². The average molecular weight is 462 g/mol. The van der Waals surface area contributed by atoms with Crippen molar-refractivity contribution in [1.29, 1.82) is 0 Å². The molecule has 0 aliphatic heterocycles. The van der Waals surface area contributed by atoms with E-state index in [1.54, 1.807) is 24.3 Å². The van der Waals surface area contributed by atoms with E-state index in [9.17, 15) is 4.79 Å². The molecule has 5 nitrogen and oxygen atoms in total. The fourth-order valence-electron chi connectivity index (χ4n) is 3.83. The molecule has 1 aromatic heterocycles. The van der Waals surface area contributed by atoms with Gasteiger partial charge in [-0.3, -0.25) is 4.79 Å². The second-order valence-corrected chi connectivity index (χ2v) is 8.44. The summed E-state index contributed by atoms with van der Waals surface area (Å²) >= 11 is 5.91. The molecule has 4 rings (SSSR count). The Balaban J connectivity index is 1.33. The number of para-hydroxylation sites is 3. The number of unbranched alkanes of at least 4 members (excludes halogenated alkanes) is 1. The zero-order chi connectivity index (χ0) is 23.0. The number of hydrogen-bond acceptors (Lipinski definition) is 3. The van der Waals surface area contributed by atoms with Crippen molar-refractivity contribution in [2.24, 2.45) is 0 Å². The molecule has 1 amide bonds. The number of hydrogen-bond donors (Lipinski definition) is 1. The van der Waals surface area contributed by atoms with Gasteiger partial charge >= 0.3 is 0 Å². The summed E-state index contributed by atoms with van der Waals surface area (Å²) in [5.41, 5.74) is 3.85. The van der Waals surface area contributed by atoms with Crippen molar-refractivity contribution in [1.82, 2.24) is 14.9 Å². The maximum Gasteiger partial charge on any atom is 0.251 e. The van der Waals surface area contributed by atoms with E-state index >= 15 is 0 Å². The molecule has 0 fully saturated rings. The number of benzene rings is 3. The molecule has 0 aliphatic carbocycles. The van der Waals surface area contributed by atoms with Crippen molar-refractivity contribution in [2.45, 2.75) is 32.7 Å². The standard InChI is InChI=1S/C27H28ClN3O2/c1-20-8-2-5-11-25(20)33-19-7-6-18-31-24-10-4-3-9-23(24)30-26(31)16-17-29-27(32)21-12-14-22(28)15-13-21/h2-5,8-15H,6-7,16-19H2,1H3,(H,29,32). The lowest BCUT2D eigenvalue weighted by atomic mass is 10.2. The SMILES string of the molecule is Cc1ccccc1OCCCCn1c(CCNC(=O)c2ccc(Cl)cc2)nc2ccccc21. The number of ether oxygens (including phenoxy) is 1. The summed E-state index contributed by atoms with van der Waals surface area (Å²) in [6.45, 7) is 4.12. The van der Waals surface area contributed by atoms with Crippen LogP contribution >= 0.6 is 11.6 Å². The lowest BCUT2D eigenvalue weighted by Crippen LogP contribution is -2.26. The smallest absolute Gasteiger partial charge is 0.251 e. The van der Waals surface area contributed by atoms with E-state index in [2.05, 4.69) is 28.9 Å². The summed E-state index contributed by atoms with van der Waals surface area (Å²) < 4.78 is 8.20. The Bertz CT molecular complexity index is 1220. The number of fused-ring (bicyclic) bond motifs is 1. The van der Waals surface area contributed by atoms with Gasteiger partial charge in [-0.05, 0) is 67.8 Å². The van der Waals surface area contributed by atoms with Crippen LogP contribution in [0.4, 0.5) is 0 Å². The quantitative estimate of drug-likeness (QED) is 0.302. The molecule has 0 atom stereocenters. The number of carbonyl (C=O) groups is 1. The van der Waals surface area contributed by atoms with Crippen LogP contribution in [0.25, 0.3) is 11.0 Å². The summed E-state index contributed by atoms with van der Waals surface area (Å²) in [5, 5.41) is 3.60. The predicted octanol–water partition coefficient (Wildman–Crippen LogP) is 5.83. The number of carbonyl (C=O) groups excluding carboxylic acids is 1. The van der Waals surface area contributed by atoms with Crippen LogP contribution in [0.15, 0.2) is 72.8 Å². The number of halogens is 1. The van der Waals surface area contributed by atoms with Gasteiger partial charge in [0.15, 0.2) is 0 Å². The lowest BCUT2D eigenvalue weighted by molar-refractivity contribution is 0.0954. The van der Waals surface area contributed by atoms with Crippen LogP contribution in [0.2, 0.25) is 5.02 Å². The molecule has 4 aromatic rings. The Hall–Kier alpha value is -3.31. The average Bonchev–Trinajstić information content (AvgIpc) is 3.17. The molecule has 0 radical (unpaired) electrons. The van der Waals surface area contributed by atoms with Crippen molar-refractivity contribution in [3.8, 4) is 5.75 Å². The van der Waals surface area contributed by atoms with Crippen LogP contribution in [0.5, 0.6) is 5.75 Å². The van der Waals surface area contributed by atoms with Crippen LogP contribution in [-0.2, 0) is 13.0 Å². The number of aromatic nitrogens is 2. The largest absolute Gasteiger partial charge is 0.493 e. The molecule has 0 bridgehead atoms. The number of amides is 1.